The Morgan fingerprint density at radius 2 is 1.70 bits per heavy atom. The van der Waals surface area contributed by atoms with E-state index in [1.54, 1.807) is 23.9 Å². The number of aromatic nitrogens is 3. The summed E-state index contributed by atoms with van der Waals surface area (Å²) in [5.41, 5.74) is 4.23. The smallest absolute Gasteiger partial charge is 0.256 e. The molecule has 2 aromatic carbocycles. The Hall–Kier alpha value is -3.67. The van der Waals surface area contributed by atoms with Gasteiger partial charge in [-0.1, -0.05) is 32.9 Å². The number of rotatable bonds is 4. The Labute approximate surface area is 175 Å². The van der Waals surface area contributed by atoms with E-state index in [2.05, 4.69) is 36.2 Å². The van der Waals surface area contributed by atoms with E-state index >= 15 is 0 Å². The lowest BCUT2D eigenvalue weighted by atomic mass is 9.87. The highest BCUT2D eigenvalue weighted by Gasteiger charge is 2.15. The zero-order chi connectivity index (χ0) is 21.3. The van der Waals surface area contributed by atoms with E-state index in [0.29, 0.717) is 17.0 Å². The quantitative estimate of drug-likeness (QED) is 0.526. The molecule has 0 unspecified atom stereocenters. The first-order valence-corrected chi connectivity index (χ1v) is 9.76. The van der Waals surface area contributed by atoms with Gasteiger partial charge >= 0.3 is 0 Å². The van der Waals surface area contributed by atoms with Crippen molar-refractivity contribution in [2.75, 3.05) is 12.4 Å². The SMILES string of the molecule is COc1ccc(-c2cc(NC(=O)c3ccc(C(C)(C)C)cc3)nc3ccnn23)cc1. The average Bonchev–Trinajstić information content (AvgIpc) is 3.21. The molecule has 0 saturated carbocycles. The molecule has 30 heavy (non-hydrogen) atoms. The molecule has 1 N–H and O–H groups in total. The highest BCUT2D eigenvalue weighted by Crippen LogP contribution is 2.26. The van der Waals surface area contributed by atoms with Gasteiger partial charge in [0.25, 0.3) is 5.91 Å². The number of ether oxygens (including phenoxy) is 1. The summed E-state index contributed by atoms with van der Waals surface area (Å²) in [6.45, 7) is 6.44. The fraction of sp³-hybridized carbons (Fsp3) is 0.208. The standard InChI is InChI=1S/C24H24N4O2/c1-24(2,3)18-9-5-17(6-10-18)23(29)27-21-15-20(28-22(26-21)13-14-25-28)16-7-11-19(30-4)12-8-16/h5-15H,1-4H3,(H,26,27,29). The number of anilines is 1. The van der Waals surface area contributed by atoms with E-state index in [0.717, 1.165) is 17.0 Å². The highest BCUT2D eigenvalue weighted by molar-refractivity contribution is 6.04. The van der Waals surface area contributed by atoms with Gasteiger partial charge in [0.2, 0.25) is 0 Å². The number of methoxy groups -OCH3 is 1. The molecule has 2 heterocycles. The number of carbonyl (C=O) groups is 1. The second-order valence-electron chi connectivity index (χ2n) is 8.14. The van der Waals surface area contributed by atoms with Gasteiger partial charge in [0, 0.05) is 23.3 Å². The van der Waals surface area contributed by atoms with Gasteiger partial charge in [-0.3, -0.25) is 4.79 Å². The molecule has 0 saturated heterocycles. The number of nitrogens with one attached hydrogen (secondary N) is 1. The molecular formula is C24H24N4O2. The van der Waals surface area contributed by atoms with Crippen molar-refractivity contribution in [1.82, 2.24) is 14.6 Å². The average molecular weight is 400 g/mol. The number of amides is 1. The maximum atomic E-state index is 12.8. The lowest BCUT2D eigenvalue weighted by Crippen LogP contribution is -2.15. The van der Waals surface area contributed by atoms with E-state index < -0.39 is 0 Å². The first-order valence-electron chi connectivity index (χ1n) is 9.76. The van der Waals surface area contributed by atoms with Gasteiger partial charge in [0.05, 0.1) is 19.0 Å². The van der Waals surface area contributed by atoms with Crippen LogP contribution in [0.15, 0.2) is 66.9 Å². The van der Waals surface area contributed by atoms with Gasteiger partial charge in [-0.2, -0.15) is 5.10 Å². The van der Waals surface area contributed by atoms with Crippen molar-refractivity contribution >= 4 is 17.4 Å². The largest absolute Gasteiger partial charge is 0.497 e. The number of nitrogens with zero attached hydrogens (tertiary/aromatic N) is 3. The van der Waals surface area contributed by atoms with Crippen molar-refractivity contribution in [3.05, 3.63) is 78.0 Å². The second-order valence-corrected chi connectivity index (χ2v) is 8.14. The van der Waals surface area contributed by atoms with E-state index in [9.17, 15) is 4.79 Å². The van der Waals surface area contributed by atoms with Crippen LogP contribution >= 0.6 is 0 Å². The number of fused-ring (bicyclic) bond motifs is 1. The third kappa shape index (κ3) is 3.89. The molecule has 0 aliphatic rings. The molecule has 6 nitrogen and oxygen atoms in total. The van der Waals surface area contributed by atoms with Gasteiger partial charge in [-0.15, -0.1) is 0 Å². The maximum Gasteiger partial charge on any atom is 0.256 e. The Morgan fingerprint density at radius 3 is 2.33 bits per heavy atom. The number of hydrogen-bond donors (Lipinski definition) is 1. The van der Waals surface area contributed by atoms with Crippen molar-refractivity contribution < 1.29 is 9.53 Å². The zero-order valence-electron chi connectivity index (χ0n) is 17.5. The lowest BCUT2D eigenvalue weighted by Gasteiger charge is -2.19. The molecule has 6 heteroatoms. The van der Waals surface area contributed by atoms with Crippen molar-refractivity contribution in [3.63, 3.8) is 0 Å². The van der Waals surface area contributed by atoms with Crippen molar-refractivity contribution in [3.8, 4) is 17.0 Å². The van der Waals surface area contributed by atoms with Crippen LogP contribution in [0.4, 0.5) is 5.82 Å². The molecular weight excluding hydrogens is 376 g/mol. The van der Waals surface area contributed by atoms with Gasteiger partial charge in [0.1, 0.15) is 11.6 Å². The summed E-state index contributed by atoms with van der Waals surface area (Å²) in [5, 5.41) is 7.27. The van der Waals surface area contributed by atoms with Crippen molar-refractivity contribution in [2.45, 2.75) is 26.2 Å². The monoisotopic (exact) mass is 400 g/mol. The van der Waals surface area contributed by atoms with Crippen LogP contribution in [0.25, 0.3) is 16.9 Å². The third-order valence-corrected chi connectivity index (χ3v) is 5.00. The van der Waals surface area contributed by atoms with Crippen LogP contribution in [-0.2, 0) is 5.41 Å². The Kier molecular flexibility index (Phi) is 4.99. The maximum absolute atomic E-state index is 12.8. The fourth-order valence-corrected chi connectivity index (χ4v) is 3.25. The molecule has 0 aliphatic carbocycles. The number of benzene rings is 2. The molecule has 0 aliphatic heterocycles. The van der Waals surface area contributed by atoms with Crippen LogP contribution in [-0.4, -0.2) is 27.6 Å². The predicted octanol–water partition coefficient (Wildman–Crippen LogP) is 4.95. The Morgan fingerprint density at radius 1 is 1.00 bits per heavy atom. The molecule has 0 fully saturated rings. The van der Waals surface area contributed by atoms with E-state index in [4.69, 9.17) is 4.74 Å². The third-order valence-electron chi connectivity index (χ3n) is 5.00. The minimum Gasteiger partial charge on any atom is -0.497 e. The van der Waals surface area contributed by atoms with Gasteiger partial charge in [-0.25, -0.2) is 9.50 Å². The molecule has 4 aromatic rings. The van der Waals surface area contributed by atoms with Crippen molar-refractivity contribution in [1.29, 1.82) is 0 Å². The minimum atomic E-state index is -0.201. The number of carbonyl (C=O) groups excluding carboxylic acids is 1. The van der Waals surface area contributed by atoms with Crippen molar-refractivity contribution in [2.24, 2.45) is 0 Å². The van der Waals surface area contributed by atoms with E-state index in [1.165, 1.54) is 5.56 Å². The molecule has 2 aromatic heterocycles. The highest BCUT2D eigenvalue weighted by atomic mass is 16.5. The van der Waals surface area contributed by atoms with Gasteiger partial charge in [0.15, 0.2) is 5.65 Å². The van der Waals surface area contributed by atoms with Crippen LogP contribution in [0.5, 0.6) is 5.75 Å². The number of hydrogen-bond acceptors (Lipinski definition) is 4. The van der Waals surface area contributed by atoms with Crippen LogP contribution < -0.4 is 10.1 Å². The van der Waals surface area contributed by atoms with Crippen LogP contribution in [0.3, 0.4) is 0 Å². The van der Waals surface area contributed by atoms with E-state index in [-0.39, 0.29) is 11.3 Å². The molecule has 152 valence electrons. The molecule has 0 radical (unpaired) electrons. The molecule has 0 atom stereocenters. The molecule has 1 amide bonds. The predicted molar refractivity (Wildman–Crippen MR) is 118 cm³/mol. The second kappa shape index (κ2) is 7.63. The summed E-state index contributed by atoms with van der Waals surface area (Å²) in [5.74, 6) is 1.04. The normalized spacial score (nSPS) is 11.5. The summed E-state index contributed by atoms with van der Waals surface area (Å²) >= 11 is 0. The fourth-order valence-electron chi connectivity index (χ4n) is 3.25. The summed E-state index contributed by atoms with van der Waals surface area (Å²) < 4.78 is 6.99. The molecule has 4 rings (SSSR count). The minimum absolute atomic E-state index is 0.0386. The Bertz CT molecular complexity index is 1190. The topological polar surface area (TPSA) is 68.5 Å². The summed E-state index contributed by atoms with van der Waals surface area (Å²) in [6.07, 6.45) is 1.69. The van der Waals surface area contributed by atoms with Gasteiger partial charge < -0.3 is 10.1 Å². The first-order chi connectivity index (χ1) is 14.3. The van der Waals surface area contributed by atoms with Crippen LogP contribution in [0.1, 0.15) is 36.7 Å². The van der Waals surface area contributed by atoms with Crippen LogP contribution in [0, 0.1) is 0 Å². The molecule has 0 bridgehead atoms. The van der Waals surface area contributed by atoms with E-state index in [1.807, 2.05) is 54.6 Å². The summed E-state index contributed by atoms with van der Waals surface area (Å²) in [6, 6.07) is 19.0. The van der Waals surface area contributed by atoms with Gasteiger partial charge in [-0.05, 0) is 47.4 Å². The zero-order valence-corrected chi connectivity index (χ0v) is 17.5. The summed E-state index contributed by atoms with van der Waals surface area (Å²) in [7, 11) is 1.63. The Balaban J connectivity index is 1.65. The first kappa shape index (κ1) is 19.6. The molecule has 0 spiro atoms. The summed E-state index contributed by atoms with van der Waals surface area (Å²) in [4.78, 5) is 17.3. The lowest BCUT2D eigenvalue weighted by molar-refractivity contribution is 0.102. The van der Waals surface area contributed by atoms with Crippen LogP contribution in [0.2, 0.25) is 0 Å².